The van der Waals surface area contributed by atoms with Crippen LogP contribution in [0.25, 0.3) is 0 Å². The first-order valence-electron chi connectivity index (χ1n) is 9.26. The van der Waals surface area contributed by atoms with Gasteiger partial charge in [-0.3, -0.25) is 9.52 Å². The molecule has 3 rings (SSSR count). The van der Waals surface area contributed by atoms with E-state index in [-0.39, 0.29) is 31.9 Å². The SMILES string of the molecule is COc1cc(OC)c(NS(=O)(=O)c2ccc(Cl)c(C(=O)Nc3ccc(C)cc3)c2)cc1Cl. The number of hydrogen-bond donors (Lipinski definition) is 2. The van der Waals surface area contributed by atoms with E-state index in [9.17, 15) is 13.2 Å². The molecule has 2 N–H and O–H groups in total. The molecule has 0 atom stereocenters. The first-order chi connectivity index (χ1) is 15.1. The van der Waals surface area contributed by atoms with Gasteiger partial charge in [0.2, 0.25) is 0 Å². The molecular formula is C22H20Cl2N2O5S. The molecule has 0 aliphatic heterocycles. The monoisotopic (exact) mass is 494 g/mol. The third kappa shape index (κ3) is 5.27. The smallest absolute Gasteiger partial charge is 0.262 e. The predicted molar refractivity (Wildman–Crippen MR) is 126 cm³/mol. The van der Waals surface area contributed by atoms with Crippen LogP contribution in [0, 0.1) is 6.92 Å². The van der Waals surface area contributed by atoms with Crippen molar-refractivity contribution in [3.8, 4) is 11.5 Å². The zero-order valence-corrected chi connectivity index (χ0v) is 19.7. The lowest BCUT2D eigenvalue weighted by molar-refractivity contribution is 0.102. The van der Waals surface area contributed by atoms with Gasteiger partial charge in [0.25, 0.3) is 15.9 Å². The van der Waals surface area contributed by atoms with Crippen LogP contribution in [0.4, 0.5) is 11.4 Å². The number of ether oxygens (including phenoxy) is 2. The first kappa shape index (κ1) is 23.7. The zero-order chi connectivity index (χ0) is 23.5. The fourth-order valence-electron chi connectivity index (χ4n) is 2.82. The van der Waals surface area contributed by atoms with E-state index in [1.807, 2.05) is 19.1 Å². The highest BCUT2D eigenvalue weighted by atomic mass is 35.5. The molecule has 0 aromatic heterocycles. The summed E-state index contributed by atoms with van der Waals surface area (Å²) in [5, 5.41) is 3.01. The van der Waals surface area contributed by atoms with E-state index in [4.69, 9.17) is 32.7 Å². The molecule has 0 heterocycles. The molecule has 0 spiro atoms. The Balaban J connectivity index is 1.92. The Hall–Kier alpha value is -2.94. The van der Waals surface area contributed by atoms with E-state index in [0.29, 0.717) is 11.4 Å². The van der Waals surface area contributed by atoms with E-state index in [1.165, 1.54) is 44.6 Å². The molecule has 0 aliphatic carbocycles. The van der Waals surface area contributed by atoms with Gasteiger partial charge in [-0.2, -0.15) is 0 Å². The van der Waals surface area contributed by atoms with E-state index in [1.54, 1.807) is 12.1 Å². The van der Waals surface area contributed by atoms with Gasteiger partial charge in [0.15, 0.2) is 0 Å². The van der Waals surface area contributed by atoms with Crippen molar-refractivity contribution < 1.29 is 22.7 Å². The number of rotatable bonds is 7. The van der Waals surface area contributed by atoms with Crippen molar-refractivity contribution in [2.24, 2.45) is 0 Å². The van der Waals surface area contributed by atoms with Crippen LogP contribution in [-0.2, 0) is 10.0 Å². The minimum atomic E-state index is -4.10. The second-order valence-corrected chi connectivity index (χ2v) is 9.25. The molecule has 1 amide bonds. The van der Waals surface area contributed by atoms with Crippen LogP contribution < -0.4 is 19.5 Å². The molecule has 168 valence electrons. The molecule has 3 aromatic rings. The van der Waals surface area contributed by atoms with Gasteiger partial charge in [-0.05, 0) is 43.3 Å². The molecule has 0 radical (unpaired) electrons. The highest BCUT2D eigenvalue weighted by Gasteiger charge is 2.21. The van der Waals surface area contributed by atoms with Crippen LogP contribution in [0.2, 0.25) is 10.0 Å². The van der Waals surface area contributed by atoms with Crippen molar-refractivity contribution in [2.45, 2.75) is 11.8 Å². The van der Waals surface area contributed by atoms with E-state index < -0.39 is 15.9 Å². The Morgan fingerprint density at radius 1 is 0.875 bits per heavy atom. The van der Waals surface area contributed by atoms with E-state index >= 15 is 0 Å². The maximum absolute atomic E-state index is 13.0. The summed E-state index contributed by atoms with van der Waals surface area (Å²) >= 11 is 12.3. The summed E-state index contributed by atoms with van der Waals surface area (Å²) in [6, 6.07) is 13.8. The van der Waals surface area contributed by atoms with Crippen LogP contribution in [0.5, 0.6) is 11.5 Å². The van der Waals surface area contributed by atoms with Crippen LogP contribution in [0.15, 0.2) is 59.5 Å². The van der Waals surface area contributed by atoms with Crippen LogP contribution in [0.1, 0.15) is 15.9 Å². The van der Waals surface area contributed by atoms with Crippen molar-refractivity contribution in [3.63, 3.8) is 0 Å². The number of nitrogens with one attached hydrogen (secondary N) is 2. The molecule has 0 aliphatic rings. The van der Waals surface area contributed by atoms with Crippen LogP contribution >= 0.6 is 23.2 Å². The van der Waals surface area contributed by atoms with Crippen molar-refractivity contribution in [2.75, 3.05) is 24.3 Å². The van der Waals surface area contributed by atoms with E-state index in [2.05, 4.69) is 10.0 Å². The topological polar surface area (TPSA) is 93.7 Å². The Labute approximate surface area is 196 Å². The third-order valence-corrected chi connectivity index (χ3v) is 6.51. The average Bonchev–Trinajstić information content (AvgIpc) is 2.75. The standard InChI is InChI=1S/C22H20Cl2N2O5S/c1-13-4-6-14(7-5-13)25-22(27)16-10-15(8-9-17(16)23)32(28,29)26-19-11-18(24)20(30-2)12-21(19)31-3/h4-12,26H,1-3H3,(H,25,27). The largest absolute Gasteiger partial charge is 0.495 e. The summed E-state index contributed by atoms with van der Waals surface area (Å²) in [4.78, 5) is 12.5. The van der Waals surface area contributed by atoms with E-state index in [0.717, 1.165) is 5.56 Å². The quantitative estimate of drug-likeness (QED) is 0.460. The van der Waals surface area contributed by atoms with Gasteiger partial charge in [0.1, 0.15) is 11.5 Å². The maximum Gasteiger partial charge on any atom is 0.262 e. The Morgan fingerprint density at radius 3 is 2.16 bits per heavy atom. The molecule has 0 bridgehead atoms. The molecule has 0 fully saturated rings. The molecule has 7 nitrogen and oxygen atoms in total. The van der Waals surface area contributed by atoms with Gasteiger partial charge < -0.3 is 14.8 Å². The Morgan fingerprint density at radius 2 is 1.53 bits per heavy atom. The average molecular weight is 495 g/mol. The number of anilines is 2. The van der Waals surface area contributed by atoms with Crippen molar-refractivity contribution in [3.05, 3.63) is 75.8 Å². The first-order valence-corrected chi connectivity index (χ1v) is 11.5. The number of benzene rings is 3. The number of carbonyl (C=O) groups is 1. The van der Waals surface area contributed by atoms with Crippen molar-refractivity contribution in [1.29, 1.82) is 0 Å². The van der Waals surface area contributed by atoms with Crippen LogP contribution in [-0.4, -0.2) is 28.5 Å². The van der Waals surface area contributed by atoms with Gasteiger partial charge in [-0.25, -0.2) is 8.42 Å². The number of sulfonamides is 1. The Bertz CT molecular complexity index is 1260. The summed E-state index contributed by atoms with van der Waals surface area (Å²) in [6.45, 7) is 1.93. The summed E-state index contributed by atoms with van der Waals surface area (Å²) in [5.41, 5.74) is 1.71. The molecule has 0 unspecified atom stereocenters. The number of carbonyl (C=O) groups excluding carboxylic acids is 1. The van der Waals surface area contributed by atoms with Crippen LogP contribution in [0.3, 0.4) is 0 Å². The highest BCUT2D eigenvalue weighted by Crippen LogP contribution is 2.37. The van der Waals surface area contributed by atoms with Gasteiger partial charge in [0, 0.05) is 11.8 Å². The zero-order valence-electron chi connectivity index (χ0n) is 17.4. The minimum Gasteiger partial charge on any atom is -0.495 e. The maximum atomic E-state index is 13.0. The third-order valence-electron chi connectivity index (χ3n) is 4.52. The highest BCUT2D eigenvalue weighted by molar-refractivity contribution is 7.92. The normalized spacial score (nSPS) is 11.0. The second kappa shape index (κ2) is 9.68. The van der Waals surface area contributed by atoms with Gasteiger partial charge >= 0.3 is 0 Å². The Kier molecular flexibility index (Phi) is 7.18. The summed E-state index contributed by atoms with van der Waals surface area (Å²) in [6.07, 6.45) is 0. The summed E-state index contributed by atoms with van der Waals surface area (Å²) < 4.78 is 38.8. The fraction of sp³-hybridized carbons (Fsp3) is 0.136. The number of amides is 1. The lowest BCUT2D eigenvalue weighted by Gasteiger charge is -2.15. The number of methoxy groups -OCH3 is 2. The van der Waals surface area contributed by atoms with Gasteiger partial charge in [-0.15, -0.1) is 0 Å². The molecule has 0 saturated heterocycles. The van der Waals surface area contributed by atoms with Gasteiger partial charge in [-0.1, -0.05) is 40.9 Å². The second-order valence-electron chi connectivity index (χ2n) is 6.75. The molecule has 10 heteroatoms. The predicted octanol–water partition coefficient (Wildman–Crippen LogP) is 5.37. The number of halogens is 2. The molecule has 3 aromatic carbocycles. The molecule has 0 saturated carbocycles. The minimum absolute atomic E-state index is 0.00912. The fourth-order valence-corrected chi connectivity index (χ4v) is 4.36. The lowest BCUT2D eigenvalue weighted by Crippen LogP contribution is -2.17. The van der Waals surface area contributed by atoms with Crippen molar-refractivity contribution in [1.82, 2.24) is 0 Å². The van der Waals surface area contributed by atoms with Crippen molar-refractivity contribution >= 4 is 50.5 Å². The lowest BCUT2D eigenvalue weighted by atomic mass is 10.2. The molecular weight excluding hydrogens is 475 g/mol. The number of aryl methyl sites for hydroxylation is 1. The summed E-state index contributed by atoms with van der Waals surface area (Å²) in [7, 11) is -1.28. The summed E-state index contributed by atoms with van der Waals surface area (Å²) in [5.74, 6) is -0.00452. The number of hydrogen-bond acceptors (Lipinski definition) is 5. The van der Waals surface area contributed by atoms with Gasteiger partial charge in [0.05, 0.1) is 40.4 Å². The molecule has 32 heavy (non-hydrogen) atoms.